The number of hydrogen-bond acceptors (Lipinski definition) is 3. The molecule has 0 aromatic heterocycles. The Labute approximate surface area is 57.7 Å². The summed E-state index contributed by atoms with van der Waals surface area (Å²) in [7, 11) is 0. The van der Waals surface area contributed by atoms with E-state index in [-0.39, 0.29) is 5.76 Å². The van der Waals surface area contributed by atoms with E-state index in [0.717, 1.165) is 0 Å². The number of rotatable bonds is 2. The van der Waals surface area contributed by atoms with Gasteiger partial charge in [0.2, 0.25) is 6.10 Å². The molecule has 4 heteroatoms. The van der Waals surface area contributed by atoms with Crippen LogP contribution in [0.3, 0.4) is 0 Å². The molecule has 56 valence electrons. The minimum atomic E-state index is -1.48. The number of hydrogen-bond donors (Lipinski definition) is 2. The number of aliphatic hydroxyl groups excluding tert-OH is 1. The van der Waals surface area contributed by atoms with Crippen LogP contribution < -0.4 is 0 Å². The molecule has 1 heterocycles. The number of aliphatic hydroxyl groups is 1. The zero-order chi connectivity index (χ0) is 7.56. The molecule has 2 N–H and O–H groups in total. The summed E-state index contributed by atoms with van der Waals surface area (Å²) in [5.74, 6) is -1.11. The van der Waals surface area contributed by atoms with Gasteiger partial charge in [-0.2, -0.15) is 0 Å². The molecule has 0 radical (unpaired) electrons. The van der Waals surface area contributed by atoms with Crippen molar-refractivity contribution in [1.29, 1.82) is 0 Å². The fourth-order valence-electron chi connectivity index (χ4n) is 0.749. The van der Waals surface area contributed by atoms with Crippen LogP contribution in [0, 0.1) is 0 Å². The molecule has 0 aromatic rings. The molecule has 0 spiro atoms. The Balaban J connectivity index is 2.55. The molecule has 1 aliphatic rings. The Morgan fingerprint density at radius 2 is 2.50 bits per heavy atom. The Morgan fingerprint density at radius 1 is 1.80 bits per heavy atom. The van der Waals surface area contributed by atoms with Gasteiger partial charge in [-0.05, 0) is 6.08 Å². The number of carboxylic acids is 1. The highest BCUT2D eigenvalue weighted by Gasteiger charge is 2.22. The second-order valence-electron chi connectivity index (χ2n) is 1.98. The summed E-state index contributed by atoms with van der Waals surface area (Å²) >= 11 is 0. The van der Waals surface area contributed by atoms with Crippen molar-refractivity contribution in [2.24, 2.45) is 0 Å². The third kappa shape index (κ3) is 1.27. The number of carbonyl (C=O) groups is 1. The summed E-state index contributed by atoms with van der Waals surface area (Å²) in [5.41, 5.74) is 0. The fourth-order valence-corrected chi connectivity index (χ4v) is 0.749. The van der Waals surface area contributed by atoms with E-state index in [1.807, 2.05) is 0 Å². The smallest absolute Gasteiger partial charge is 0.340 e. The van der Waals surface area contributed by atoms with Crippen molar-refractivity contribution in [2.75, 3.05) is 6.61 Å². The molecule has 0 saturated carbocycles. The van der Waals surface area contributed by atoms with E-state index in [1.165, 1.54) is 0 Å². The van der Waals surface area contributed by atoms with Crippen molar-refractivity contribution in [3.63, 3.8) is 0 Å². The molecule has 0 saturated heterocycles. The highest BCUT2D eigenvalue weighted by atomic mass is 16.5. The summed E-state index contributed by atoms with van der Waals surface area (Å²) in [6.07, 6.45) is 0.779. The van der Waals surface area contributed by atoms with E-state index in [2.05, 4.69) is 0 Å². The third-order valence-electron chi connectivity index (χ3n) is 1.24. The van der Waals surface area contributed by atoms with Gasteiger partial charge >= 0.3 is 5.97 Å². The van der Waals surface area contributed by atoms with Crippen molar-refractivity contribution in [3.8, 4) is 0 Å². The molecule has 1 rings (SSSR count). The van der Waals surface area contributed by atoms with E-state index in [4.69, 9.17) is 14.9 Å². The molecule has 1 atom stereocenters. The summed E-state index contributed by atoms with van der Waals surface area (Å²) in [6, 6.07) is 0. The van der Waals surface area contributed by atoms with Crippen LogP contribution in [0.5, 0.6) is 0 Å². The van der Waals surface area contributed by atoms with E-state index >= 15 is 0 Å². The molecule has 0 bridgehead atoms. The lowest BCUT2D eigenvalue weighted by molar-refractivity contribution is -0.146. The van der Waals surface area contributed by atoms with Crippen molar-refractivity contribution >= 4 is 5.97 Å². The first-order valence-electron chi connectivity index (χ1n) is 2.95. The molecular weight excluding hydrogens is 136 g/mol. The molecule has 0 fully saturated rings. The first-order valence-corrected chi connectivity index (χ1v) is 2.95. The third-order valence-corrected chi connectivity index (χ3v) is 1.24. The Bertz CT molecular complexity index is 173. The van der Waals surface area contributed by atoms with Crippen LogP contribution in [0.4, 0.5) is 0 Å². The van der Waals surface area contributed by atoms with Gasteiger partial charge in [-0.25, -0.2) is 4.79 Å². The fraction of sp³-hybridized carbons (Fsp3) is 0.500. The lowest BCUT2D eigenvalue weighted by Gasteiger charge is -2.05. The van der Waals surface area contributed by atoms with Gasteiger partial charge in [0.05, 0.1) is 6.61 Å². The minimum absolute atomic E-state index is 0.160. The van der Waals surface area contributed by atoms with Crippen LogP contribution in [0.1, 0.15) is 6.42 Å². The van der Waals surface area contributed by atoms with E-state index in [0.29, 0.717) is 13.0 Å². The SMILES string of the molecule is O=C(O)C(O)C1=CCCO1. The van der Waals surface area contributed by atoms with Crippen LogP contribution in [-0.2, 0) is 9.53 Å². The molecule has 4 nitrogen and oxygen atoms in total. The standard InChI is InChI=1S/C6H8O4/c7-5(6(8)9)4-2-1-3-10-4/h2,5,7H,1,3H2,(H,8,9). The van der Waals surface area contributed by atoms with Crippen LogP contribution in [0.15, 0.2) is 11.8 Å². The van der Waals surface area contributed by atoms with Crippen LogP contribution in [0.2, 0.25) is 0 Å². The number of carboxylic acid groups (broad SMARTS) is 1. The highest BCUT2D eigenvalue weighted by molar-refractivity contribution is 5.75. The van der Waals surface area contributed by atoms with Crippen molar-refractivity contribution in [2.45, 2.75) is 12.5 Å². The molecule has 10 heavy (non-hydrogen) atoms. The predicted molar refractivity (Wildman–Crippen MR) is 32.3 cm³/mol. The van der Waals surface area contributed by atoms with Crippen molar-refractivity contribution in [1.82, 2.24) is 0 Å². The monoisotopic (exact) mass is 144 g/mol. The lowest BCUT2D eigenvalue weighted by Crippen LogP contribution is -2.22. The highest BCUT2D eigenvalue weighted by Crippen LogP contribution is 2.12. The average molecular weight is 144 g/mol. The summed E-state index contributed by atoms with van der Waals surface area (Å²) < 4.78 is 4.81. The van der Waals surface area contributed by atoms with Gasteiger partial charge in [-0.15, -0.1) is 0 Å². The predicted octanol–water partition coefficient (Wildman–Crippen LogP) is -0.264. The molecule has 0 amide bonds. The molecule has 1 unspecified atom stereocenters. The van der Waals surface area contributed by atoms with Gasteiger partial charge in [0.1, 0.15) is 5.76 Å². The zero-order valence-electron chi connectivity index (χ0n) is 5.28. The summed E-state index contributed by atoms with van der Waals surface area (Å²) in [6.45, 7) is 0.472. The second-order valence-corrected chi connectivity index (χ2v) is 1.98. The van der Waals surface area contributed by atoms with E-state index < -0.39 is 12.1 Å². The maximum Gasteiger partial charge on any atom is 0.340 e. The maximum atomic E-state index is 10.1. The quantitative estimate of drug-likeness (QED) is 0.560. The Hall–Kier alpha value is -1.03. The van der Waals surface area contributed by atoms with Gasteiger partial charge in [0.25, 0.3) is 0 Å². The Morgan fingerprint density at radius 3 is 2.90 bits per heavy atom. The van der Waals surface area contributed by atoms with Gasteiger partial charge < -0.3 is 14.9 Å². The lowest BCUT2D eigenvalue weighted by atomic mass is 10.3. The molecular formula is C6H8O4. The van der Waals surface area contributed by atoms with Gasteiger partial charge in [-0.3, -0.25) is 0 Å². The maximum absolute atomic E-state index is 10.1. The normalized spacial score (nSPS) is 19.5. The van der Waals surface area contributed by atoms with Crippen molar-refractivity contribution < 1.29 is 19.7 Å². The first-order chi connectivity index (χ1) is 4.72. The topological polar surface area (TPSA) is 66.8 Å². The van der Waals surface area contributed by atoms with Gasteiger partial charge in [0, 0.05) is 6.42 Å². The van der Waals surface area contributed by atoms with Crippen molar-refractivity contribution in [3.05, 3.63) is 11.8 Å². The van der Waals surface area contributed by atoms with Crippen LogP contribution in [-0.4, -0.2) is 28.9 Å². The summed E-state index contributed by atoms with van der Waals surface area (Å²) in [4.78, 5) is 10.1. The molecule has 1 aliphatic heterocycles. The molecule has 0 aromatic carbocycles. The number of aliphatic carboxylic acids is 1. The zero-order valence-corrected chi connectivity index (χ0v) is 5.28. The van der Waals surface area contributed by atoms with Gasteiger partial charge in [-0.1, -0.05) is 0 Å². The Kier molecular flexibility index (Phi) is 1.91. The van der Waals surface area contributed by atoms with Crippen LogP contribution >= 0.6 is 0 Å². The second kappa shape index (κ2) is 2.70. The van der Waals surface area contributed by atoms with Crippen LogP contribution in [0.25, 0.3) is 0 Å². The average Bonchev–Trinajstić information content (AvgIpc) is 2.36. The van der Waals surface area contributed by atoms with E-state index in [1.54, 1.807) is 6.08 Å². The largest absolute Gasteiger partial charge is 0.495 e. The minimum Gasteiger partial charge on any atom is -0.495 e. The molecule has 0 aliphatic carbocycles. The summed E-state index contributed by atoms with van der Waals surface area (Å²) in [5, 5.41) is 17.1. The first kappa shape index (κ1) is 7.08. The number of ether oxygens (including phenoxy) is 1. The van der Waals surface area contributed by atoms with Gasteiger partial charge in [0.15, 0.2) is 0 Å². The van der Waals surface area contributed by atoms with E-state index in [9.17, 15) is 4.79 Å².